The van der Waals surface area contributed by atoms with Crippen LogP contribution in [0.5, 0.6) is 0 Å². The molecule has 0 saturated heterocycles. The maximum Gasteiger partial charge on any atom is 0.345 e. The predicted octanol–water partition coefficient (Wildman–Crippen LogP) is 2.56. The quantitative estimate of drug-likeness (QED) is 0.878. The molecule has 1 aromatic carbocycles. The molecule has 0 unspecified atom stereocenters. The van der Waals surface area contributed by atoms with Crippen molar-refractivity contribution in [1.82, 2.24) is 0 Å². The molecular formula is C13H12O5S2. The van der Waals surface area contributed by atoms with Crippen molar-refractivity contribution in [2.45, 2.75) is 17.6 Å². The second-order valence-corrected chi connectivity index (χ2v) is 7.89. The summed E-state index contributed by atoms with van der Waals surface area (Å²) in [5.74, 6) is -0.974. The molecule has 1 aliphatic carbocycles. The molecule has 106 valence electrons. The van der Waals surface area contributed by atoms with Crippen LogP contribution in [0.2, 0.25) is 0 Å². The van der Waals surface area contributed by atoms with E-state index in [2.05, 4.69) is 4.18 Å². The molecule has 1 fully saturated rings. The number of rotatable bonds is 4. The number of aromatic carboxylic acids is 1. The van der Waals surface area contributed by atoms with Gasteiger partial charge in [-0.05, 0) is 42.0 Å². The highest BCUT2D eigenvalue weighted by Crippen LogP contribution is 2.53. The Bertz CT molecular complexity index is 799. The Morgan fingerprint density at radius 2 is 2.05 bits per heavy atom. The van der Waals surface area contributed by atoms with Crippen LogP contribution >= 0.6 is 11.3 Å². The normalized spacial score (nSPS) is 17.2. The summed E-state index contributed by atoms with van der Waals surface area (Å²) < 4.78 is 28.6. The summed E-state index contributed by atoms with van der Waals surface area (Å²) in [6.07, 6.45) is 1.06. The van der Waals surface area contributed by atoms with Crippen LogP contribution in [0.4, 0.5) is 0 Å². The van der Waals surface area contributed by atoms with Crippen LogP contribution in [0, 0.1) is 0 Å². The van der Waals surface area contributed by atoms with Gasteiger partial charge in [-0.15, -0.1) is 11.3 Å². The first-order valence-corrected chi connectivity index (χ1v) is 8.20. The Morgan fingerprint density at radius 3 is 2.60 bits per heavy atom. The summed E-state index contributed by atoms with van der Waals surface area (Å²) in [6, 6.07) is 6.84. The first-order chi connectivity index (χ1) is 9.39. The summed E-state index contributed by atoms with van der Waals surface area (Å²) >= 11 is 1.18. The number of carboxylic acids is 1. The van der Waals surface area contributed by atoms with Crippen LogP contribution in [0.1, 0.15) is 28.1 Å². The average molecular weight is 312 g/mol. The van der Waals surface area contributed by atoms with Gasteiger partial charge in [0.2, 0.25) is 0 Å². The van der Waals surface area contributed by atoms with Crippen molar-refractivity contribution in [1.29, 1.82) is 0 Å². The lowest BCUT2D eigenvalue weighted by Crippen LogP contribution is -2.21. The summed E-state index contributed by atoms with van der Waals surface area (Å²) in [7, 11) is -2.46. The second-order valence-electron chi connectivity index (χ2n) is 4.78. The first-order valence-electron chi connectivity index (χ1n) is 5.97. The maximum atomic E-state index is 12.0. The molecular weight excluding hydrogens is 300 g/mol. The minimum atomic E-state index is -3.63. The molecule has 2 aromatic rings. The van der Waals surface area contributed by atoms with Gasteiger partial charge in [0.1, 0.15) is 9.62 Å². The smallest absolute Gasteiger partial charge is 0.345 e. The molecule has 0 aliphatic heterocycles. The Labute approximate surface area is 119 Å². The van der Waals surface area contributed by atoms with Gasteiger partial charge in [0.15, 0.2) is 0 Å². The van der Waals surface area contributed by atoms with Crippen molar-refractivity contribution in [2.24, 2.45) is 0 Å². The monoisotopic (exact) mass is 312 g/mol. The van der Waals surface area contributed by atoms with Gasteiger partial charge >= 0.3 is 5.97 Å². The molecule has 1 heterocycles. The van der Waals surface area contributed by atoms with Crippen molar-refractivity contribution in [3.05, 3.63) is 34.7 Å². The fourth-order valence-electron chi connectivity index (χ4n) is 2.39. The molecule has 0 amide bonds. The molecule has 20 heavy (non-hydrogen) atoms. The highest BCUT2D eigenvalue weighted by Gasteiger charge is 2.56. The number of hydrogen-bond donors (Lipinski definition) is 1. The molecule has 3 rings (SSSR count). The molecule has 0 radical (unpaired) electrons. The van der Waals surface area contributed by atoms with Crippen molar-refractivity contribution < 1.29 is 22.5 Å². The molecule has 1 N–H and O–H groups in total. The average Bonchev–Trinajstić information content (AvgIpc) is 3.12. The lowest BCUT2D eigenvalue weighted by atomic mass is 10.1. The molecule has 5 nitrogen and oxygen atoms in total. The second kappa shape index (κ2) is 4.28. The Morgan fingerprint density at radius 1 is 1.35 bits per heavy atom. The molecule has 1 aromatic heterocycles. The zero-order valence-corrected chi connectivity index (χ0v) is 12.3. The predicted molar refractivity (Wildman–Crippen MR) is 75.6 cm³/mol. The highest BCUT2D eigenvalue weighted by atomic mass is 32.2. The van der Waals surface area contributed by atoms with Gasteiger partial charge in [-0.2, -0.15) is 8.42 Å². The van der Waals surface area contributed by atoms with Crippen LogP contribution in [0.15, 0.2) is 24.3 Å². The Balaban J connectivity index is 2.12. The van der Waals surface area contributed by atoms with Crippen LogP contribution in [-0.4, -0.2) is 26.6 Å². The number of fused-ring (bicyclic) bond motifs is 1. The number of carbonyl (C=O) groups is 1. The molecule has 0 bridgehead atoms. The Kier molecular flexibility index (Phi) is 2.89. The highest BCUT2D eigenvalue weighted by molar-refractivity contribution is 7.88. The molecule has 7 heteroatoms. The van der Waals surface area contributed by atoms with Gasteiger partial charge in [-0.1, -0.05) is 6.07 Å². The SMILES string of the molecule is COS(=O)(=O)C1(c2ccc3sc(C(=O)O)cc3c2)CC1. The van der Waals surface area contributed by atoms with E-state index in [-0.39, 0.29) is 4.88 Å². The topological polar surface area (TPSA) is 80.7 Å². The van der Waals surface area contributed by atoms with Gasteiger partial charge in [-0.25, -0.2) is 4.79 Å². The van der Waals surface area contributed by atoms with Crippen LogP contribution in [0.3, 0.4) is 0 Å². The lowest BCUT2D eigenvalue weighted by molar-refractivity contribution is 0.0702. The standard InChI is InChI=1S/C13H12O5S2/c1-18-20(16,17)13(4-5-13)9-2-3-10-8(6-9)7-11(19-10)12(14)15/h2-3,6-7H,4-5H2,1H3,(H,14,15). The van der Waals surface area contributed by atoms with Crippen molar-refractivity contribution in [3.63, 3.8) is 0 Å². The van der Waals surface area contributed by atoms with Crippen LogP contribution in [0.25, 0.3) is 10.1 Å². The van der Waals surface area contributed by atoms with E-state index in [0.29, 0.717) is 18.4 Å². The molecule has 1 aliphatic rings. The Hall–Kier alpha value is -1.44. The fraction of sp³-hybridized carbons (Fsp3) is 0.308. The van der Waals surface area contributed by atoms with E-state index in [0.717, 1.165) is 10.1 Å². The zero-order chi connectivity index (χ0) is 14.5. The van der Waals surface area contributed by atoms with E-state index in [1.54, 1.807) is 24.3 Å². The third-order valence-electron chi connectivity index (χ3n) is 3.66. The van der Waals surface area contributed by atoms with E-state index in [4.69, 9.17) is 5.11 Å². The van der Waals surface area contributed by atoms with Gasteiger partial charge in [-0.3, -0.25) is 4.18 Å². The number of benzene rings is 1. The van der Waals surface area contributed by atoms with Crippen LogP contribution in [-0.2, 0) is 19.0 Å². The van der Waals surface area contributed by atoms with Gasteiger partial charge < -0.3 is 5.11 Å². The molecule has 1 saturated carbocycles. The van der Waals surface area contributed by atoms with Crippen LogP contribution < -0.4 is 0 Å². The summed E-state index contributed by atoms with van der Waals surface area (Å²) in [5.41, 5.74) is 0.668. The summed E-state index contributed by atoms with van der Waals surface area (Å²) in [4.78, 5) is 11.2. The van der Waals surface area contributed by atoms with Crippen molar-refractivity contribution in [3.8, 4) is 0 Å². The van der Waals surface area contributed by atoms with E-state index in [9.17, 15) is 13.2 Å². The summed E-state index contributed by atoms with van der Waals surface area (Å²) in [5, 5.41) is 9.74. The fourth-order valence-corrected chi connectivity index (χ4v) is 4.61. The van der Waals surface area contributed by atoms with E-state index in [1.165, 1.54) is 18.4 Å². The number of carboxylic acid groups (broad SMARTS) is 1. The largest absolute Gasteiger partial charge is 0.477 e. The molecule has 0 atom stereocenters. The minimum Gasteiger partial charge on any atom is -0.477 e. The van der Waals surface area contributed by atoms with Gasteiger partial charge in [0, 0.05) is 4.70 Å². The zero-order valence-electron chi connectivity index (χ0n) is 10.6. The van der Waals surface area contributed by atoms with E-state index >= 15 is 0 Å². The number of hydrogen-bond acceptors (Lipinski definition) is 5. The van der Waals surface area contributed by atoms with E-state index in [1.807, 2.05) is 0 Å². The lowest BCUT2D eigenvalue weighted by Gasteiger charge is -2.14. The van der Waals surface area contributed by atoms with Crippen molar-refractivity contribution >= 4 is 37.5 Å². The van der Waals surface area contributed by atoms with Crippen molar-refractivity contribution in [2.75, 3.05) is 7.11 Å². The third kappa shape index (κ3) is 1.85. The van der Waals surface area contributed by atoms with E-state index < -0.39 is 20.8 Å². The van der Waals surface area contributed by atoms with Gasteiger partial charge in [0.25, 0.3) is 10.1 Å². The maximum absolute atomic E-state index is 12.0. The number of thiophene rings is 1. The first kappa shape index (κ1) is 13.5. The minimum absolute atomic E-state index is 0.247. The molecule has 0 spiro atoms. The third-order valence-corrected chi connectivity index (χ3v) is 6.80. The van der Waals surface area contributed by atoms with Gasteiger partial charge in [0.05, 0.1) is 7.11 Å². The summed E-state index contributed by atoms with van der Waals surface area (Å²) in [6.45, 7) is 0.